The van der Waals surface area contributed by atoms with Crippen molar-refractivity contribution in [2.75, 3.05) is 31.6 Å². The number of ether oxygens (including phenoxy) is 1. The first kappa shape index (κ1) is 17.5. The number of amides is 1. The minimum Gasteiger partial charge on any atom is -0.497 e. The Labute approximate surface area is 159 Å². The molecule has 1 aliphatic rings. The van der Waals surface area contributed by atoms with Gasteiger partial charge in [0.15, 0.2) is 0 Å². The van der Waals surface area contributed by atoms with Crippen molar-refractivity contribution < 1.29 is 9.53 Å². The molecular weight excluding hydrogens is 338 g/mol. The third-order valence-electron chi connectivity index (χ3n) is 5.18. The maximum atomic E-state index is 12.8. The first-order valence-corrected chi connectivity index (χ1v) is 9.15. The van der Waals surface area contributed by atoms with Crippen LogP contribution in [0.4, 0.5) is 5.69 Å². The molecule has 0 saturated carbocycles. The van der Waals surface area contributed by atoms with E-state index in [4.69, 9.17) is 4.74 Å². The largest absolute Gasteiger partial charge is 0.497 e. The fourth-order valence-electron chi connectivity index (χ4n) is 3.66. The molecule has 0 N–H and O–H groups in total. The number of rotatable bonds is 4. The quantitative estimate of drug-likeness (QED) is 0.714. The van der Waals surface area contributed by atoms with Crippen LogP contribution in [0.3, 0.4) is 0 Å². The molecule has 0 spiro atoms. The summed E-state index contributed by atoms with van der Waals surface area (Å²) in [4.78, 5) is 21.3. The molecule has 0 bridgehead atoms. The van der Waals surface area contributed by atoms with Crippen LogP contribution in [0, 0.1) is 6.92 Å². The number of carbonyl (C=O) groups is 1. The molecule has 1 aliphatic heterocycles. The molecule has 0 unspecified atom stereocenters. The van der Waals surface area contributed by atoms with Gasteiger partial charge >= 0.3 is 0 Å². The van der Waals surface area contributed by atoms with E-state index < -0.39 is 0 Å². The van der Waals surface area contributed by atoms with Crippen molar-refractivity contribution in [1.82, 2.24) is 9.88 Å². The highest BCUT2D eigenvalue weighted by molar-refractivity contribution is 5.95. The van der Waals surface area contributed by atoms with Gasteiger partial charge in [-0.15, -0.1) is 0 Å². The number of aromatic nitrogens is 1. The Morgan fingerprint density at radius 2 is 2.00 bits per heavy atom. The Bertz CT molecular complexity index is 986. The molecule has 1 amide bonds. The molecule has 0 atom stereocenters. The molecule has 0 aliphatic carbocycles. The van der Waals surface area contributed by atoms with Crippen LogP contribution in [0.15, 0.2) is 54.7 Å². The summed E-state index contributed by atoms with van der Waals surface area (Å²) >= 11 is 0. The highest BCUT2D eigenvalue weighted by Crippen LogP contribution is 2.25. The molecule has 1 aromatic heterocycles. The van der Waals surface area contributed by atoms with Crippen LogP contribution in [0.1, 0.15) is 11.1 Å². The second-order valence-corrected chi connectivity index (χ2v) is 6.89. The number of nitrogens with zero attached hydrogens (tertiary/aromatic N) is 3. The number of piperazine rings is 1. The SMILES string of the molecule is COc1cccc(N2CCN(Cc3c(C)ccc4ncccc34)CC2=O)c1. The number of anilines is 1. The van der Waals surface area contributed by atoms with Crippen molar-refractivity contribution >= 4 is 22.5 Å². The van der Waals surface area contributed by atoms with Crippen molar-refractivity contribution in [2.24, 2.45) is 0 Å². The number of fused-ring (bicyclic) bond motifs is 1. The van der Waals surface area contributed by atoms with E-state index in [2.05, 4.69) is 35.0 Å². The Morgan fingerprint density at radius 3 is 2.81 bits per heavy atom. The second kappa shape index (κ2) is 7.37. The summed E-state index contributed by atoms with van der Waals surface area (Å²) in [5.41, 5.74) is 4.38. The number of pyridine rings is 1. The molecule has 27 heavy (non-hydrogen) atoms. The van der Waals surface area contributed by atoms with E-state index in [0.717, 1.165) is 30.0 Å². The summed E-state index contributed by atoms with van der Waals surface area (Å²) in [6.07, 6.45) is 1.82. The van der Waals surface area contributed by atoms with E-state index in [0.29, 0.717) is 13.1 Å². The first-order valence-electron chi connectivity index (χ1n) is 9.15. The van der Waals surface area contributed by atoms with Crippen LogP contribution in [0.2, 0.25) is 0 Å². The fraction of sp³-hybridized carbons (Fsp3) is 0.273. The second-order valence-electron chi connectivity index (χ2n) is 6.89. The van der Waals surface area contributed by atoms with Crippen molar-refractivity contribution in [1.29, 1.82) is 0 Å². The Hall–Kier alpha value is -2.92. The Balaban J connectivity index is 1.52. The normalized spacial score (nSPS) is 15.3. The van der Waals surface area contributed by atoms with Gasteiger partial charge in [-0.25, -0.2) is 0 Å². The van der Waals surface area contributed by atoms with Crippen LogP contribution in [-0.4, -0.2) is 42.5 Å². The van der Waals surface area contributed by atoms with Gasteiger partial charge in [0.05, 0.1) is 19.2 Å². The van der Waals surface area contributed by atoms with Gasteiger partial charge in [0, 0.05) is 43.0 Å². The zero-order valence-corrected chi connectivity index (χ0v) is 15.7. The first-order chi connectivity index (χ1) is 13.2. The van der Waals surface area contributed by atoms with Crippen LogP contribution < -0.4 is 9.64 Å². The van der Waals surface area contributed by atoms with Crippen LogP contribution >= 0.6 is 0 Å². The molecule has 2 heterocycles. The molecule has 2 aromatic carbocycles. The Morgan fingerprint density at radius 1 is 1.11 bits per heavy atom. The average Bonchev–Trinajstić information content (AvgIpc) is 2.70. The van der Waals surface area contributed by atoms with E-state index in [1.807, 2.05) is 41.4 Å². The maximum Gasteiger partial charge on any atom is 0.241 e. The van der Waals surface area contributed by atoms with E-state index in [1.165, 1.54) is 16.5 Å². The number of benzene rings is 2. The van der Waals surface area contributed by atoms with Gasteiger partial charge in [-0.1, -0.05) is 18.2 Å². The Kier molecular flexibility index (Phi) is 4.77. The number of hydrogen-bond acceptors (Lipinski definition) is 4. The standard InChI is InChI=1S/C22H23N3O2/c1-16-8-9-21-19(7-4-10-23-21)20(16)14-24-11-12-25(22(26)15-24)17-5-3-6-18(13-17)27-2/h3-10,13H,11-12,14-15H2,1-2H3. The summed E-state index contributed by atoms with van der Waals surface area (Å²) in [6.45, 7) is 4.79. The molecule has 0 radical (unpaired) electrons. The zero-order chi connectivity index (χ0) is 18.8. The summed E-state index contributed by atoms with van der Waals surface area (Å²) in [5.74, 6) is 0.882. The van der Waals surface area contributed by atoms with E-state index in [9.17, 15) is 4.79 Å². The number of aryl methyl sites for hydroxylation is 1. The zero-order valence-electron chi connectivity index (χ0n) is 15.7. The molecule has 1 fully saturated rings. The van der Waals surface area contributed by atoms with Gasteiger partial charge in [-0.3, -0.25) is 14.7 Å². The molecule has 138 valence electrons. The molecule has 3 aromatic rings. The predicted octanol–water partition coefficient (Wildman–Crippen LogP) is 3.40. The van der Waals surface area contributed by atoms with Gasteiger partial charge < -0.3 is 9.64 Å². The van der Waals surface area contributed by atoms with Gasteiger partial charge in [0.25, 0.3) is 0 Å². The van der Waals surface area contributed by atoms with Gasteiger partial charge in [0.1, 0.15) is 5.75 Å². The third kappa shape index (κ3) is 3.51. The lowest BCUT2D eigenvalue weighted by molar-refractivity contribution is -0.121. The fourth-order valence-corrected chi connectivity index (χ4v) is 3.66. The van der Waals surface area contributed by atoms with E-state index in [1.54, 1.807) is 7.11 Å². The molecular formula is C22H23N3O2. The van der Waals surface area contributed by atoms with Crippen LogP contribution in [0.25, 0.3) is 10.9 Å². The van der Waals surface area contributed by atoms with E-state index >= 15 is 0 Å². The lowest BCUT2D eigenvalue weighted by atomic mass is 10.0. The minimum absolute atomic E-state index is 0.116. The third-order valence-corrected chi connectivity index (χ3v) is 5.18. The lowest BCUT2D eigenvalue weighted by Crippen LogP contribution is -2.50. The molecule has 4 rings (SSSR count). The topological polar surface area (TPSA) is 45.7 Å². The lowest BCUT2D eigenvalue weighted by Gasteiger charge is -2.34. The van der Waals surface area contributed by atoms with Crippen molar-refractivity contribution in [3.8, 4) is 5.75 Å². The average molecular weight is 361 g/mol. The summed E-state index contributed by atoms with van der Waals surface area (Å²) in [5, 5.41) is 1.17. The van der Waals surface area contributed by atoms with Gasteiger partial charge in [0.2, 0.25) is 5.91 Å². The van der Waals surface area contributed by atoms with Crippen molar-refractivity contribution in [3.63, 3.8) is 0 Å². The van der Waals surface area contributed by atoms with Crippen molar-refractivity contribution in [2.45, 2.75) is 13.5 Å². The summed E-state index contributed by atoms with van der Waals surface area (Å²) < 4.78 is 5.28. The molecule has 5 nitrogen and oxygen atoms in total. The number of carbonyl (C=O) groups excluding carboxylic acids is 1. The summed E-state index contributed by atoms with van der Waals surface area (Å²) in [7, 11) is 1.64. The molecule has 1 saturated heterocycles. The van der Waals surface area contributed by atoms with Crippen molar-refractivity contribution in [3.05, 3.63) is 65.9 Å². The van der Waals surface area contributed by atoms with Crippen LogP contribution in [-0.2, 0) is 11.3 Å². The smallest absolute Gasteiger partial charge is 0.241 e. The maximum absolute atomic E-state index is 12.8. The summed E-state index contributed by atoms with van der Waals surface area (Å²) in [6, 6.07) is 15.9. The number of hydrogen-bond donors (Lipinski definition) is 0. The predicted molar refractivity (Wildman–Crippen MR) is 107 cm³/mol. The number of methoxy groups -OCH3 is 1. The van der Waals surface area contributed by atoms with E-state index in [-0.39, 0.29) is 5.91 Å². The van der Waals surface area contributed by atoms with Gasteiger partial charge in [-0.05, 0) is 42.3 Å². The highest BCUT2D eigenvalue weighted by Gasteiger charge is 2.26. The minimum atomic E-state index is 0.116. The van der Waals surface area contributed by atoms with Gasteiger partial charge in [-0.2, -0.15) is 0 Å². The monoisotopic (exact) mass is 361 g/mol. The highest BCUT2D eigenvalue weighted by atomic mass is 16.5. The molecule has 5 heteroatoms. The van der Waals surface area contributed by atoms with Crippen LogP contribution in [0.5, 0.6) is 5.75 Å².